The van der Waals surface area contributed by atoms with Crippen molar-refractivity contribution >= 4 is 15.9 Å². The van der Waals surface area contributed by atoms with Crippen molar-refractivity contribution in [3.63, 3.8) is 0 Å². The predicted octanol–water partition coefficient (Wildman–Crippen LogP) is 3.10. The fourth-order valence-electron chi connectivity index (χ4n) is 1.67. The number of hydrogen-bond donors (Lipinski definition) is 1. The quantitative estimate of drug-likeness (QED) is 0.941. The highest BCUT2D eigenvalue weighted by Crippen LogP contribution is 2.14. The number of halogens is 1. The highest BCUT2D eigenvalue weighted by Gasteiger charge is 2.06. The van der Waals surface area contributed by atoms with Gasteiger partial charge < -0.3 is 5.73 Å². The minimum atomic E-state index is 0.0914. The SMILES string of the molecule is CCC(N)c1cnn(Cc2ccc(Br)cc2)c1. The molecule has 0 saturated carbocycles. The standard InChI is InChI=1S/C13H16BrN3/c1-2-13(15)11-7-16-17(9-11)8-10-3-5-12(14)6-4-10/h3-7,9,13H,2,8,15H2,1H3. The van der Waals surface area contributed by atoms with Crippen LogP contribution >= 0.6 is 15.9 Å². The first-order chi connectivity index (χ1) is 8.19. The molecule has 0 amide bonds. The molecule has 0 aliphatic rings. The lowest BCUT2D eigenvalue weighted by molar-refractivity contribution is 0.675. The van der Waals surface area contributed by atoms with Gasteiger partial charge in [-0.05, 0) is 24.1 Å². The molecule has 1 aromatic heterocycles. The van der Waals surface area contributed by atoms with Gasteiger partial charge in [-0.1, -0.05) is 35.0 Å². The van der Waals surface area contributed by atoms with E-state index in [-0.39, 0.29) is 6.04 Å². The molecule has 90 valence electrons. The topological polar surface area (TPSA) is 43.8 Å². The molecule has 0 radical (unpaired) electrons. The van der Waals surface area contributed by atoms with Crippen LogP contribution in [0.1, 0.15) is 30.5 Å². The van der Waals surface area contributed by atoms with Gasteiger partial charge in [-0.3, -0.25) is 4.68 Å². The fraction of sp³-hybridized carbons (Fsp3) is 0.308. The van der Waals surface area contributed by atoms with Crippen molar-refractivity contribution in [2.24, 2.45) is 5.73 Å². The van der Waals surface area contributed by atoms with Crippen LogP contribution in [0, 0.1) is 0 Å². The molecule has 0 aliphatic heterocycles. The maximum atomic E-state index is 5.96. The van der Waals surface area contributed by atoms with E-state index in [1.807, 2.05) is 29.2 Å². The summed E-state index contributed by atoms with van der Waals surface area (Å²) in [6.07, 6.45) is 4.81. The lowest BCUT2D eigenvalue weighted by Gasteiger charge is -2.04. The second kappa shape index (κ2) is 5.47. The van der Waals surface area contributed by atoms with Gasteiger partial charge >= 0.3 is 0 Å². The minimum absolute atomic E-state index is 0.0914. The zero-order valence-corrected chi connectivity index (χ0v) is 11.4. The number of benzene rings is 1. The summed E-state index contributed by atoms with van der Waals surface area (Å²) in [4.78, 5) is 0. The van der Waals surface area contributed by atoms with Crippen LogP contribution in [0.4, 0.5) is 0 Å². The molecule has 2 N–H and O–H groups in total. The van der Waals surface area contributed by atoms with Gasteiger partial charge in [-0.25, -0.2) is 0 Å². The molecule has 2 rings (SSSR count). The summed E-state index contributed by atoms with van der Waals surface area (Å²) < 4.78 is 3.02. The molecule has 0 saturated heterocycles. The normalized spacial score (nSPS) is 12.6. The Morgan fingerprint density at radius 1 is 1.35 bits per heavy atom. The Morgan fingerprint density at radius 3 is 2.71 bits per heavy atom. The molecule has 0 aliphatic carbocycles. The van der Waals surface area contributed by atoms with Crippen molar-refractivity contribution in [1.29, 1.82) is 0 Å². The van der Waals surface area contributed by atoms with Gasteiger partial charge in [0, 0.05) is 22.3 Å². The van der Waals surface area contributed by atoms with Crippen LogP contribution in [-0.2, 0) is 6.54 Å². The lowest BCUT2D eigenvalue weighted by Crippen LogP contribution is -2.07. The van der Waals surface area contributed by atoms with E-state index in [1.165, 1.54) is 5.56 Å². The molecule has 1 heterocycles. The Morgan fingerprint density at radius 2 is 2.06 bits per heavy atom. The summed E-state index contributed by atoms with van der Waals surface area (Å²) in [7, 11) is 0. The van der Waals surface area contributed by atoms with Gasteiger partial charge in [0.15, 0.2) is 0 Å². The van der Waals surface area contributed by atoms with Crippen molar-refractivity contribution in [3.8, 4) is 0 Å². The van der Waals surface area contributed by atoms with Crippen molar-refractivity contribution in [1.82, 2.24) is 9.78 Å². The summed E-state index contributed by atoms with van der Waals surface area (Å²) in [6, 6.07) is 8.35. The van der Waals surface area contributed by atoms with E-state index >= 15 is 0 Å². The molecule has 4 heteroatoms. The smallest absolute Gasteiger partial charge is 0.0659 e. The van der Waals surface area contributed by atoms with Crippen LogP contribution in [0.25, 0.3) is 0 Å². The molecule has 0 bridgehead atoms. The van der Waals surface area contributed by atoms with Crippen LogP contribution in [0.3, 0.4) is 0 Å². The van der Waals surface area contributed by atoms with Crippen molar-refractivity contribution in [2.75, 3.05) is 0 Å². The first-order valence-corrected chi connectivity index (χ1v) is 6.50. The van der Waals surface area contributed by atoms with Gasteiger partial charge in [0.1, 0.15) is 0 Å². The van der Waals surface area contributed by atoms with E-state index in [1.54, 1.807) is 0 Å². The largest absolute Gasteiger partial charge is 0.324 e. The van der Waals surface area contributed by atoms with E-state index in [4.69, 9.17) is 5.73 Å². The maximum absolute atomic E-state index is 5.96. The van der Waals surface area contributed by atoms with Crippen LogP contribution < -0.4 is 5.73 Å². The zero-order valence-electron chi connectivity index (χ0n) is 9.81. The summed E-state index contributed by atoms with van der Waals surface area (Å²) in [5.41, 5.74) is 8.29. The minimum Gasteiger partial charge on any atom is -0.324 e. The first kappa shape index (κ1) is 12.3. The molecule has 17 heavy (non-hydrogen) atoms. The van der Waals surface area contributed by atoms with Crippen molar-refractivity contribution in [3.05, 3.63) is 52.3 Å². The Bertz CT molecular complexity index is 476. The van der Waals surface area contributed by atoms with E-state index in [0.29, 0.717) is 0 Å². The number of hydrogen-bond acceptors (Lipinski definition) is 2. The molecule has 0 spiro atoms. The molecule has 3 nitrogen and oxygen atoms in total. The molecule has 1 unspecified atom stereocenters. The monoisotopic (exact) mass is 293 g/mol. The van der Waals surface area contributed by atoms with Crippen molar-refractivity contribution in [2.45, 2.75) is 25.9 Å². The summed E-state index contributed by atoms with van der Waals surface area (Å²) in [5, 5.41) is 4.33. The maximum Gasteiger partial charge on any atom is 0.0659 e. The summed E-state index contributed by atoms with van der Waals surface area (Å²) in [5.74, 6) is 0. The molecule has 0 fully saturated rings. The van der Waals surface area contributed by atoms with Gasteiger partial charge in [-0.15, -0.1) is 0 Å². The molecule has 1 aromatic carbocycles. The molecule has 2 aromatic rings. The summed E-state index contributed by atoms with van der Waals surface area (Å²) >= 11 is 3.42. The second-order valence-electron chi connectivity index (χ2n) is 4.11. The van der Waals surface area contributed by atoms with E-state index < -0.39 is 0 Å². The highest BCUT2D eigenvalue weighted by atomic mass is 79.9. The third-order valence-corrected chi connectivity index (χ3v) is 3.31. The highest BCUT2D eigenvalue weighted by molar-refractivity contribution is 9.10. The van der Waals surface area contributed by atoms with E-state index in [9.17, 15) is 0 Å². The van der Waals surface area contributed by atoms with Gasteiger partial charge in [-0.2, -0.15) is 5.10 Å². The summed E-state index contributed by atoms with van der Waals surface area (Å²) in [6.45, 7) is 2.86. The lowest BCUT2D eigenvalue weighted by atomic mass is 10.1. The van der Waals surface area contributed by atoms with Crippen LogP contribution in [0.15, 0.2) is 41.1 Å². The van der Waals surface area contributed by atoms with Gasteiger partial charge in [0.2, 0.25) is 0 Å². The Labute approximate surface area is 110 Å². The molecular formula is C13H16BrN3. The third kappa shape index (κ3) is 3.17. The average Bonchev–Trinajstić information content (AvgIpc) is 2.80. The Balaban J connectivity index is 2.08. The van der Waals surface area contributed by atoms with Crippen molar-refractivity contribution < 1.29 is 0 Å². The predicted molar refractivity (Wildman–Crippen MR) is 72.7 cm³/mol. The second-order valence-corrected chi connectivity index (χ2v) is 5.03. The van der Waals surface area contributed by atoms with E-state index in [0.717, 1.165) is 23.0 Å². The fourth-order valence-corrected chi connectivity index (χ4v) is 1.93. The van der Waals surface area contributed by atoms with Crippen LogP contribution in [-0.4, -0.2) is 9.78 Å². The molecular weight excluding hydrogens is 278 g/mol. The van der Waals surface area contributed by atoms with Crippen LogP contribution in [0.2, 0.25) is 0 Å². The number of rotatable bonds is 4. The Kier molecular flexibility index (Phi) is 3.97. The number of aromatic nitrogens is 2. The zero-order chi connectivity index (χ0) is 12.3. The van der Waals surface area contributed by atoms with Gasteiger partial charge in [0.25, 0.3) is 0 Å². The third-order valence-electron chi connectivity index (χ3n) is 2.78. The number of nitrogens with two attached hydrogens (primary N) is 1. The average molecular weight is 294 g/mol. The molecule has 1 atom stereocenters. The Hall–Kier alpha value is -1.13. The first-order valence-electron chi connectivity index (χ1n) is 5.71. The number of nitrogens with zero attached hydrogens (tertiary/aromatic N) is 2. The van der Waals surface area contributed by atoms with Gasteiger partial charge in [0.05, 0.1) is 12.7 Å². The van der Waals surface area contributed by atoms with Crippen LogP contribution in [0.5, 0.6) is 0 Å². The van der Waals surface area contributed by atoms with E-state index in [2.05, 4.69) is 40.1 Å².